The first-order valence-electron chi connectivity index (χ1n) is 5.73. The van der Waals surface area contributed by atoms with Crippen LogP contribution in [0.3, 0.4) is 0 Å². The number of nitrogen functional groups attached to an aromatic ring is 1. The first-order chi connectivity index (χ1) is 9.06. The number of anilines is 1. The third-order valence-corrected chi connectivity index (χ3v) is 3.64. The van der Waals surface area contributed by atoms with Crippen molar-refractivity contribution in [2.75, 3.05) is 5.73 Å². The molecule has 0 saturated carbocycles. The van der Waals surface area contributed by atoms with Crippen LogP contribution in [0.15, 0.2) is 36.4 Å². The molecular weight excluding hydrogens is 281 g/mol. The van der Waals surface area contributed by atoms with E-state index in [1.54, 1.807) is 12.1 Å². The minimum absolute atomic E-state index is 0.624. The Morgan fingerprint density at radius 2 is 1.89 bits per heavy atom. The lowest BCUT2D eigenvalue weighted by Gasteiger charge is -2.06. The number of nitrogens with zero attached hydrogens (tertiary/aromatic N) is 2. The zero-order valence-electron chi connectivity index (χ0n) is 10.2. The first kappa shape index (κ1) is 12.3. The second kappa shape index (κ2) is 4.44. The monoisotopic (exact) mass is 291 g/mol. The lowest BCUT2D eigenvalue weighted by atomic mass is 10.2. The molecule has 0 saturated heterocycles. The fourth-order valence-electron chi connectivity index (χ4n) is 2.12. The van der Waals surface area contributed by atoms with Gasteiger partial charge < -0.3 is 10.3 Å². The highest BCUT2D eigenvalue weighted by atomic mass is 35.5. The maximum absolute atomic E-state index is 6.23. The fourth-order valence-corrected chi connectivity index (χ4v) is 2.49. The highest BCUT2D eigenvalue weighted by Crippen LogP contribution is 2.31. The van der Waals surface area contributed by atoms with Gasteiger partial charge in [0.15, 0.2) is 0 Å². The van der Waals surface area contributed by atoms with Gasteiger partial charge in [-0.05, 0) is 36.4 Å². The Labute approximate surface area is 120 Å². The average molecular weight is 292 g/mol. The molecule has 0 bridgehead atoms. The van der Waals surface area contributed by atoms with Gasteiger partial charge in [0.05, 0.1) is 16.1 Å². The Bertz CT molecular complexity index is 778. The van der Waals surface area contributed by atoms with Gasteiger partial charge in [0.1, 0.15) is 5.82 Å². The van der Waals surface area contributed by atoms with E-state index in [2.05, 4.69) is 4.98 Å². The van der Waals surface area contributed by atoms with E-state index >= 15 is 0 Å². The molecule has 3 rings (SSSR count). The molecule has 0 spiro atoms. The van der Waals surface area contributed by atoms with Crippen LogP contribution in [0.1, 0.15) is 0 Å². The van der Waals surface area contributed by atoms with E-state index in [0.717, 1.165) is 22.4 Å². The van der Waals surface area contributed by atoms with Crippen LogP contribution in [0.5, 0.6) is 0 Å². The zero-order valence-corrected chi connectivity index (χ0v) is 11.7. The smallest absolute Gasteiger partial charge is 0.142 e. The number of hydrogen-bond acceptors (Lipinski definition) is 2. The summed E-state index contributed by atoms with van der Waals surface area (Å²) in [6.07, 6.45) is 0. The van der Waals surface area contributed by atoms with Crippen LogP contribution in [0.25, 0.3) is 22.4 Å². The van der Waals surface area contributed by atoms with Crippen molar-refractivity contribution in [1.29, 1.82) is 0 Å². The number of imidazole rings is 1. The molecular formula is C14H11Cl2N3. The van der Waals surface area contributed by atoms with Gasteiger partial charge in [0.25, 0.3) is 0 Å². The van der Waals surface area contributed by atoms with Crippen molar-refractivity contribution in [2.45, 2.75) is 0 Å². The van der Waals surface area contributed by atoms with Crippen molar-refractivity contribution in [3.63, 3.8) is 0 Å². The molecule has 1 heterocycles. The van der Waals surface area contributed by atoms with Gasteiger partial charge in [-0.2, -0.15) is 0 Å². The van der Waals surface area contributed by atoms with E-state index in [-0.39, 0.29) is 0 Å². The van der Waals surface area contributed by atoms with E-state index in [9.17, 15) is 0 Å². The van der Waals surface area contributed by atoms with Gasteiger partial charge in [0.2, 0.25) is 0 Å². The lowest BCUT2D eigenvalue weighted by molar-refractivity contribution is 0.959. The fraction of sp³-hybridized carbons (Fsp3) is 0.0714. The Kier molecular flexibility index (Phi) is 2.88. The Morgan fingerprint density at radius 1 is 1.11 bits per heavy atom. The molecule has 3 nitrogen and oxygen atoms in total. The van der Waals surface area contributed by atoms with E-state index in [1.807, 2.05) is 35.9 Å². The van der Waals surface area contributed by atoms with Crippen LogP contribution in [0.4, 0.5) is 5.69 Å². The molecule has 96 valence electrons. The summed E-state index contributed by atoms with van der Waals surface area (Å²) in [6, 6.07) is 11.0. The molecule has 2 aromatic carbocycles. The highest BCUT2D eigenvalue weighted by molar-refractivity contribution is 6.33. The largest absolute Gasteiger partial charge is 0.399 e. The van der Waals surface area contributed by atoms with E-state index in [0.29, 0.717) is 15.7 Å². The maximum Gasteiger partial charge on any atom is 0.142 e. The van der Waals surface area contributed by atoms with E-state index in [4.69, 9.17) is 28.9 Å². The number of hydrogen-bond donors (Lipinski definition) is 1. The molecule has 3 aromatic rings. The van der Waals surface area contributed by atoms with Crippen LogP contribution in [0.2, 0.25) is 10.0 Å². The molecule has 0 atom stereocenters. The minimum Gasteiger partial charge on any atom is -0.399 e. The third kappa shape index (κ3) is 2.05. The number of benzene rings is 2. The third-order valence-electron chi connectivity index (χ3n) is 3.07. The van der Waals surface area contributed by atoms with E-state index in [1.165, 1.54) is 0 Å². The number of halogens is 2. The molecule has 5 heteroatoms. The summed E-state index contributed by atoms with van der Waals surface area (Å²) in [5, 5.41) is 1.31. The Morgan fingerprint density at radius 3 is 2.68 bits per heavy atom. The van der Waals surface area contributed by atoms with Crippen molar-refractivity contribution >= 4 is 39.9 Å². The molecule has 0 radical (unpaired) electrons. The molecule has 2 N–H and O–H groups in total. The quantitative estimate of drug-likeness (QED) is 0.685. The number of aryl methyl sites for hydroxylation is 1. The van der Waals surface area contributed by atoms with Gasteiger partial charge in [0, 0.05) is 23.3 Å². The predicted octanol–water partition coefficient (Wildman–Crippen LogP) is 4.13. The van der Waals surface area contributed by atoms with Crippen LogP contribution in [0, 0.1) is 0 Å². The van der Waals surface area contributed by atoms with Crippen molar-refractivity contribution in [1.82, 2.24) is 9.55 Å². The predicted molar refractivity (Wildman–Crippen MR) is 80.6 cm³/mol. The molecule has 0 unspecified atom stereocenters. The Balaban J connectivity index is 2.31. The standard InChI is InChI=1S/C14H11Cl2N3/c1-19-13-6-8(15)2-5-12(13)18-14(19)10-7-9(17)3-4-11(10)16/h2-7H,17H2,1H3. The van der Waals surface area contributed by atoms with Crippen LogP contribution in [-0.2, 0) is 7.05 Å². The average Bonchev–Trinajstić information content (AvgIpc) is 2.70. The van der Waals surface area contributed by atoms with Crippen molar-refractivity contribution < 1.29 is 0 Å². The lowest BCUT2D eigenvalue weighted by Crippen LogP contribution is -1.94. The summed E-state index contributed by atoms with van der Waals surface area (Å²) in [5.41, 5.74) is 9.12. The summed E-state index contributed by atoms with van der Waals surface area (Å²) in [5.74, 6) is 0.773. The van der Waals surface area contributed by atoms with Gasteiger partial charge in [-0.3, -0.25) is 0 Å². The van der Waals surface area contributed by atoms with Gasteiger partial charge >= 0.3 is 0 Å². The van der Waals surface area contributed by atoms with Gasteiger partial charge in [-0.1, -0.05) is 23.2 Å². The Hall–Kier alpha value is -1.71. The molecule has 0 aliphatic carbocycles. The topological polar surface area (TPSA) is 43.8 Å². The SMILES string of the molecule is Cn1c(-c2cc(N)ccc2Cl)nc2ccc(Cl)cc21. The second-order valence-corrected chi connectivity index (χ2v) is 5.21. The molecule has 0 amide bonds. The normalized spacial score (nSPS) is 11.1. The summed E-state index contributed by atoms with van der Waals surface area (Å²) < 4.78 is 1.96. The highest BCUT2D eigenvalue weighted by Gasteiger charge is 2.13. The van der Waals surface area contributed by atoms with Crippen molar-refractivity contribution in [2.24, 2.45) is 7.05 Å². The summed E-state index contributed by atoms with van der Waals surface area (Å²) in [4.78, 5) is 4.59. The molecule has 0 aliphatic heterocycles. The number of rotatable bonds is 1. The first-order valence-corrected chi connectivity index (χ1v) is 6.49. The van der Waals surface area contributed by atoms with Crippen LogP contribution < -0.4 is 5.73 Å². The second-order valence-electron chi connectivity index (χ2n) is 4.37. The number of aromatic nitrogens is 2. The molecule has 1 aromatic heterocycles. The molecule has 0 aliphatic rings. The summed E-state index contributed by atoms with van der Waals surface area (Å²) >= 11 is 12.2. The number of fused-ring (bicyclic) bond motifs is 1. The molecule has 0 fully saturated rings. The van der Waals surface area contributed by atoms with Crippen LogP contribution in [-0.4, -0.2) is 9.55 Å². The summed E-state index contributed by atoms with van der Waals surface area (Å²) in [7, 11) is 1.93. The number of nitrogens with two attached hydrogens (primary N) is 1. The zero-order chi connectivity index (χ0) is 13.6. The van der Waals surface area contributed by atoms with E-state index < -0.39 is 0 Å². The van der Waals surface area contributed by atoms with Gasteiger partial charge in [-0.15, -0.1) is 0 Å². The molecule has 19 heavy (non-hydrogen) atoms. The maximum atomic E-state index is 6.23. The minimum atomic E-state index is 0.624. The summed E-state index contributed by atoms with van der Waals surface area (Å²) in [6.45, 7) is 0. The van der Waals surface area contributed by atoms with Crippen LogP contribution >= 0.6 is 23.2 Å². The van der Waals surface area contributed by atoms with Crippen molar-refractivity contribution in [3.8, 4) is 11.4 Å². The van der Waals surface area contributed by atoms with Gasteiger partial charge in [-0.25, -0.2) is 4.98 Å². The van der Waals surface area contributed by atoms with Crippen molar-refractivity contribution in [3.05, 3.63) is 46.4 Å².